The zero-order valence-electron chi connectivity index (χ0n) is 11.6. The minimum Gasteiger partial charge on any atom is -0.437 e. The van der Waals surface area contributed by atoms with Crippen LogP contribution in [0.2, 0.25) is 0 Å². The number of aliphatic hydroxyl groups is 1. The van der Waals surface area contributed by atoms with Gasteiger partial charge in [0.25, 0.3) is 0 Å². The van der Waals surface area contributed by atoms with E-state index in [2.05, 4.69) is 6.07 Å². The maximum absolute atomic E-state index is 11.0. The Labute approximate surface area is 118 Å². The molecule has 4 saturated carbocycles. The lowest BCUT2D eigenvalue weighted by Crippen LogP contribution is -2.59. The molecule has 0 unspecified atom stereocenters. The first-order chi connectivity index (χ1) is 9.68. The van der Waals surface area contributed by atoms with Gasteiger partial charge in [-0.15, -0.1) is 0 Å². The lowest BCUT2D eigenvalue weighted by Gasteiger charge is -2.60. The number of nitriles is 1. The van der Waals surface area contributed by atoms with Crippen molar-refractivity contribution in [1.29, 1.82) is 5.26 Å². The van der Waals surface area contributed by atoms with Gasteiger partial charge in [0.1, 0.15) is 6.61 Å². The van der Waals surface area contributed by atoms with Gasteiger partial charge in [-0.05, 0) is 55.8 Å². The molecular weight excluding hydrogens is 258 g/mol. The van der Waals surface area contributed by atoms with E-state index in [9.17, 15) is 10.1 Å². The Morgan fingerprint density at radius 2 is 1.80 bits per heavy atom. The molecule has 0 aliphatic heterocycles. The number of rotatable bonds is 5. The molecule has 5 heteroatoms. The van der Waals surface area contributed by atoms with Gasteiger partial charge in [-0.1, -0.05) is 0 Å². The molecule has 0 radical (unpaired) electrons. The van der Waals surface area contributed by atoms with Crippen LogP contribution in [0.15, 0.2) is 0 Å². The molecular formula is C15H21NO4. The number of carbonyl (C=O) groups is 1. The molecule has 0 aromatic rings. The Morgan fingerprint density at radius 3 is 2.30 bits per heavy atom. The summed E-state index contributed by atoms with van der Waals surface area (Å²) in [6, 6.07) is 2.27. The molecule has 4 fully saturated rings. The first-order valence-corrected chi connectivity index (χ1v) is 7.45. The molecule has 0 saturated heterocycles. The molecule has 5 nitrogen and oxygen atoms in total. The van der Waals surface area contributed by atoms with Crippen LogP contribution in [-0.4, -0.2) is 30.1 Å². The fourth-order valence-corrected chi connectivity index (χ4v) is 4.93. The van der Waals surface area contributed by atoms with E-state index in [0.717, 1.165) is 37.5 Å². The first kappa shape index (κ1) is 13.8. The summed E-state index contributed by atoms with van der Waals surface area (Å²) in [6.07, 6.45) is 6.28. The molecule has 4 bridgehead atoms. The standard InChI is InChI=1S/C15H21NO4/c16-2-1-15(20-9-19-14(18)8-17)12-4-10-3-11(6-12)7-13(15)5-10/h10-13,17H,1,3-9H2. The fraction of sp³-hybridized carbons (Fsp3) is 0.867. The highest BCUT2D eigenvalue weighted by molar-refractivity contribution is 5.70. The molecule has 0 aromatic heterocycles. The second kappa shape index (κ2) is 5.34. The predicted octanol–water partition coefficient (Wildman–Crippen LogP) is 1.60. The van der Waals surface area contributed by atoms with Crippen LogP contribution >= 0.6 is 0 Å². The summed E-state index contributed by atoms with van der Waals surface area (Å²) < 4.78 is 10.8. The summed E-state index contributed by atoms with van der Waals surface area (Å²) in [7, 11) is 0. The summed E-state index contributed by atoms with van der Waals surface area (Å²) in [6.45, 7) is -0.783. The Bertz CT molecular complexity index is 400. The van der Waals surface area contributed by atoms with Gasteiger partial charge < -0.3 is 14.6 Å². The largest absolute Gasteiger partial charge is 0.437 e. The number of aliphatic hydroxyl groups excluding tert-OH is 1. The van der Waals surface area contributed by atoms with Crippen molar-refractivity contribution in [3.63, 3.8) is 0 Å². The summed E-state index contributed by atoms with van der Waals surface area (Å²) >= 11 is 0. The van der Waals surface area contributed by atoms with Crippen LogP contribution in [0.3, 0.4) is 0 Å². The van der Waals surface area contributed by atoms with E-state index in [1.54, 1.807) is 0 Å². The zero-order valence-corrected chi connectivity index (χ0v) is 11.6. The second-order valence-electron chi connectivity index (χ2n) is 6.53. The van der Waals surface area contributed by atoms with Gasteiger partial charge in [-0.3, -0.25) is 0 Å². The molecule has 110 valence electrons. The number of hydrogen-bond acceptors (Lipinski definition) is 5. The minimum atomic E-state index is -0.680. The van der Waals surface area contributed by atoms with Crippen molar-refractivity contribution < 1.29 is 19.4 Å². The third-order valence-electron chi connectivity index (χ3n) is 5.55. The quantitative estimate of drug-likeness (QED) is 0.611. The highest BCUT2D eigenvalue weighted by Gasteiger charge is 2.58. The first-order valence-electron chi connectivity index (χ1n) is 7.45. The maximum Gasteiger partial charge on any atom is 0.333 e. The second-order valence-corrected chi connectivity index (χ2v) is 6.53. The smallest absolute Gasteiger partial charge is 0.333 e. The third kappa shape index (κ3) is 2.21. The van der Waals surface area contributed by atoms with Gasteiger partial charge >= 0.3 is 5.97 Å². The molecule has 0 amide bonds. The minimum absolute atomic E-state index is 0.149. The Kier molecular flexibility index (Phi) is 3.70. The van der Waals surface area contributed by atoms with Crippen LogP contribution in [0.4, 0.5) is 0 Å². The van der Waals surface area contributed by atoms with Gasteiger partial charge in [0.15, 0.2) is 6.79 Å². The van der Waals surface area contributed by atoms with Crippen LogP contribution < -0.4 is 0 Å². The third-order valence-corrected chi connectivity index (χ3v) is 5.55. The number of carbonyl (C=O) groups excluding carboxylic acids is 1. The van der Waals surface area contributed by atoms with E-state index in [0.29, 0.717) is 18.3 Å². The summed E-state index contributed by atoms with van der Waals surface area (Å²) in [5.41, 5.74) is -0.433. The Hall–Kier alpha value is -1.12. The molecule has 0 heterocycles. The molecule has 0 spiro atoms. The van der Waals surface area contributed by atoms with Crippen molar-refractivity contribution in [2.45, 2.75) is 44.1 Å². The van der Waals surface area contributed by atoms with Gasteiger partial charge in [-0.2, -0.15) is 5.26 Å². The van der Waals surface area contributed by atoms with Crippen LogP contribution in [0, 0.1) is 35.0 Å². The van der Waals surface area contributed by atoms with E-state index >= 15 is 0 Å². The van der Waals surface area contributed by atoms with Gasteiger partial charge in [0.2, 0.25) is 0 Å². The lowest BCUT2D eigenvalue weighted by atomic mass is 9.49. The fourth-order valence-electron chi connectivity index (χ4n) is 4.93. The van der Waals surface area contributed by atoms with E-state index in [1.165, 1.54) is 6.42 Å². The van der Waals surface area contributed by atoms with Crippen LogP contribution in [0.5, 0.6) is 0 Å². The molecule has 20 heavy (non-hydrogen) atoms. The van der Waals surface area contributed by atoms with Crippen molar-refractivity contribution in [1.82, 2.24) is 0 Å². The lowest BCUT2D eigenvalue weighted by molar-refractivity contribution is -0.237. The number of esters is 1. The SMILES string of the molecule is N#CCC1(OCOC(=O)CO)C2CC3CC(C2)CC1C3. The van der Waals surface area contributed by atoms with Crippen molar-refractivity contribution in [2.24, 2.45) is 23.7 Å². The zero-order chi connectivity index (χ0) is 14.2. The molecule has 0 atom stereocenters. The van der Waals surface area contributed by atoms with Crippen LogP contribution in [0.1, 0.15) is 38.5 Å². The van der Waals surface area contributed by atoms with Crippen LogP contribution in [-0.2, 0) is 14.3 Å². The van der Waals surface area contributed by atoms with E-state index in [1.807, 2.05) is 0 Å². The summed E-state index contributed by atoms with van der Waals surface area (Å²) in [5, 5.41) is 17.9. The predicted molar refractivity (Wildman–Crippen MR) is 69.1 cm³/mol. The van der Waals surface area contributed by atoms with E-state index < -0.39 is 18.2 Å². The van der Waals surface area contributed by atoms with Gasteiger partial charge in [-0.25, -0.2) is 4.79 Å². The van der Waals surface area contributed by atoms with Crippen molar-refractivity contribution in [3.8, 4) is 6.07 Å². The average molecular weight is 279 g/mol. The molecule has 1 N–H and O–H groups in total. The molecule has 4 rings (SSSR count). The normalized spacial score (nSPS) is 41.4. The van der Waals surface area contributed by atoms with Gasteiger partial charge in [0.05, 0.1) is 18.1 Å². The Morgan fingerprint density at radius 1 is 1.20 bits per heavy atom. The summed E-state index contributed by atoms with van der Waals surface area (Å²) in [5.74, 6) is 1.76. The van der Waals surface area contributed by atoms with E-state index in [-0.39, 0.29) is 6.79 Å². The van der Waals surface area contributed by atoms with Crippen molar-refractivity contribution in [3.05, 3.63) is 0 Å². The van der Waals surface area contributed by atoms with Crippen molar-refractivity contribution in [2.75, 3.05) is 13.4 Å². The molecule has 0 aromatic carbocycles. The van der Waals surface area contributed by atoms with Crippen molar-refractivity contribution >= 4 is 5.97 Å². The molecule has 4 aliphatic rings. The van der Waals surface area contributed by atoms with Gasteiger partial charge in [0, 0.05) is 0 Å². The average Bonchev–Trinajstić information content (AvgIpc) is 2.43. The number of ether oxygens (including phenoxy) is 2. The number of hydrogen-bond donors (Lipinski definition) is 1. The highest BCUT2D eigenvalue weighted by Crippen LogP contribution is 2.60. The monoisotopic (exact) mass is 279 g/mol. The number of nitrogens with zero attached hydrogens (tertiary/aromatic N) is 1. The van der Waals surface area contributed by atoms with E-state index in [4.69, 9.17) is 14.6 Å². The molecule has 4 aliphatic carbocycles. The van der Waals surface area contributed by atoms with Crippen LogP contribution in [0.25, 0.3) is 0 Å². The summed E-state index contributed by atoms with van der Waals surface area (Å²) in [4.78, 5) is 11.0. The Balaban J connectivity index is 1.71. The maximum atomic E-state index is 11.0. The highest BCUT2D eigenvalue weighted by atomic mass is 16.7. The topological polar surface area (TPSA) is 79.5 Å².